The van der Waals surface area contributed by atoms with Gasteiger partial charge in [-0.15, -0.1) is 0 Å². The average molecular weight is 264 g/mol. The normalized spacial score (nSPS) is 26.3. The topological polar surface area (TPSA) is 70.6 Å². The van der Waals surface area contributed by atoms with E-state index in [0.29, 0.717) is 6.61 Å². The largest absolute Gasteiger partial charge is 0.494 e. The van der Waals surface area contributed by atoms with Crippen LogP contribution >= 0.6 is 0 Å². The Morgan fingerprint density at radius 3 is 2.89 bits per heavy atom. The zero-order valence-electron chi connectivity index (χ0n) is 11.2. The monoisotopic (exact) mass is 264 g/mol. The number of hydrazine groups is 1. The van der Waals surface area contributed by atoms with Gasteiger partial charge in [0.2, 0.25) is 0 Å². The highest BCUT2D eigenvalue weighted by Gasteiger charge is 2.39. The van der Waals surface area contributed by atoms with Crippen molar-refractivity contribution in [3.8, 4) is 5.75 Å². The third kappa shape index (κ3) is 3.05. The number of carboxylic acid groups (broad SMARTS) is 1. The van der Waals surface area contributed by atoms with E-state index in [1.54, 1.807) is 0 Å². The Morgan fingerprint density at radius 1 is 1.42 bits per heavy atom. The summed E-state index contributed by atoms with van der Waals surface area (Å²) in [5, 5.41) is 9.31. The maximum Gasteiger partial charge on any atom is 0.310 e. The summed E-state index contributed by atoms with van der Waals surface area (Å²) < 4.78 is 5.58. The van der Waals surface area contributed by atoms with Gasteiger partial charge in [0.05, 0.1) is 18.6 Å². The number of ether oxygens (including phenoxy) is 1. The van der Waals surface area contributed by atoms with Gasteiger partial charge < -0.3 is 9.84 Å². The minimum Gasteiger partial charge on any atom is -0.494 e. The highest BCUT2D eigenvalue weighted by molar-refractivity contribution is 5.72. The van der Waals surface area contributed by atoms with E-state index >= 15 is 0 Å². The molecule has 1 aliphatic rings. The van der Waals surface area contributed by atoms with Crippen molar-refractivity contribution >= 4 is 5.97 Å². The van der Waals surface area contributed by atoms with Crippen molar-refractivity contribution in [2.75, 3.05) is 6.61 Å². The molecule has 1 heterocycles. The van der Waals surface area contributed by atoms with Crippen molar-refractivity contribution in [2.24, 2.45) is 5.92 Å². The maximum absolute atomic E-state index is 11.3. The fourth-order valence-corrected chi connectivity index (χ4v) is 2.35. The van der Waals surface area contributed by atoms with Crippen LogP contribution in [0.15, 0.2) is 24.3 Å². The molecule has 5 nitrogen and oxygen atoms in total. The second-order valence-electron chi connectivity index (χ2n) is 4.84. The molecule has 0 aliphatic carbocycles. The Labute approximate surface area is 112 Å². The Kier molecular flexibility index (Phi) is 4.39. The molecule has 3 N–H and O–H groups in total. The minimum atomic E-state index is -0.796. The lowest BCUT2D eigenvalue weighted by molar-refractivity contribution is -0.142. The van der Waals surface area contributed by atoms with Gasteiger partial charge in [-0.05, 0) is 31.0 Å². The van der Waals surface area contributed by atoms with Crippen LogP contribution in [0.1, 0.15) is 31.9 Å². The third-order valence-corrected chi connectivity index (χ3v) is 3.34. The van der Waals surface area contributed by atoms with Crippen molar-refractivity contribution < 1.29 is 14.6 Å². The van der Waals surface area contributed by atoms with Crippen LogP contribution in [0.5, 0.6) is 5.75 Å². The fourth-order valence-electron chi connectivity index (χ4n) is 2.35. The van der Waals surface area contributed by atoms with E-state index < -0.39 is 11.9 Å². The number of nitrogens with one attached hydrogen (secondary N) is 2. The standard InChI is InChI=1S/C14H20N2O3/c1-3-7-19-11-6-4-5-10(8-11)13-12(14(17)18)9(2)15-16-13/h4-6,8-9,12-13,15-16H,3,7H2,1-2H3,(H,17,18). The molecule has 19 heavy (non-hydrogen) atoms. The van der Waals surface area contributed by atoms with E-state index in [4.69, 9.17) is 4.74 Å². The lowest BCUT2D eigenvalue weighted by Crippen LogP contribution is -2.30. The van der Waals surface area contributed by atoms with E-state index in [0.717, 1.165) is 17.7 Å². The van der Waals surface area contributed by atoms with Crippen molar-refractivity contribution in [2.45, 2.75) is 32.4 Å². The summed E-state index contributed by atoms with van der Waals surface area (Å²) >= 11 is 0. The summed E-state index contributed by atoms with van der Waals surface area (Å²) in [6.45, 7) is 4.58. The molecule has 0 spiro atoms. The Hall–Kier alpha value is -1.59. The molecule has 1 fully saturated rings. The number of rotatable bonds is 5. The lowest BCUT2D eigenvalue weighted by Gasteiger charge is -2.17. The van der Waals surface area contributed by atoms with Crippen molar-refractivity contribution in [1.29, 1.82) is 0 Å². The molecular formula is C14H20N2O3. The molecule has 0 radical (unpaired) electrons. The van der Waals surface area contributed by atoms with Crippen LogP contribution in [-0.2, 0) is 4.79 Å². The predicted molar refractivity (Wildman–Crippen MR) is 71.8 cm³/mol. The van der Waals surface area contributed by atoms with Crippen LogP contribution in [0.3, 0.4) is 0 Å². The number of hydrogen-bond acceptors (Lipinski definition) is 4. The molecular weight excluding hydrogens is 244 g/mol. The first-order valence-corrected chi connectivity index (χ1v) is 6.60. The summed E-state index contributed by atoms with van der Waals surface area (Å²) in [5.41, 5.74) is 6.97. The van der Waals surface area contributed by atoms with E-state index in [-0.39, 0.29) is 12.1 Å². The number of carboxylic acids is 1. The van der Waals surface area contributed by atoms with Crippen molar-refractivity contribution in [3.05, 3.63) is 29.8 Å². The van der Waals surface area contributed by atoms with Crippen molar-refractivity contribution in [1.82, 2.24) is 10.9 Å². The molecule has 5 heteroatoms. The van der Waals surface area contributed by atoms with E-state index in [2.05, 4.69) is 17.8 Å². The zero-order chi connectivity index (χ0) is 13.8. The summed E-state index contributed by atoms with van der Waals surface area (Å²) in [6, 6.07) is 7.26. The molecule has 2 rings (SSSR count). The summed E-state index contributed by atoms with van der Waals surface area (Å²) in [6.07, 6.45) is 0.947. The molecule has 0 saturated carbocycles. The van der Waals surface area contributed by atoms with E-state index in [1.807, 2.05) is 31.2 Å². The van der Waals surface area contributed by atoms with Crippen LogP contribution in [0.25, 0.3) is 0 Å². The number of carbonyl (C=O) groups is 1. The Bertz CT molecular complexity index is 450. The second-order valence-corrected chi connectivity index (χ2v) is 4.84. The van der Waals surface area contributed by atoms with Crippen LogP contribution in [0, 0.1) is 5.92 Å². The maximum atomic E-state index is 11.3. The van der Waals surface area contributed by atoms with Crippen LogP contribution in [0.4, 0.5) is 0 Å². The smallest absolute Gasteiger partial charge is 0.310 e. The SMILES string of the molecule is CCCOc1cccc(C2NNC(C)C2C(=O)O)c1. The minimum absolute atomic E-state index is 0.109. The van der Waals surface area contributed by atoms with Gasteiger partial charge in [-0.3, -0.25) is 10.2 Å². The highest BCUT2D eigenvalue weighted by atomic mass is 16.5. The number of benzene rings is 1. The lowest BCUT2D eigenvalue weighted by atomic mass is 9.90. The van der Waals surface area contributed by atoms with Gasteiger partial charge in [-0.1, -0.05) is 19.1 Å². The molecule has 1 aromatic rings. The van der Waals surface area contributed by atoms with Gasteiger partial charge in [0.1, 0.15) is 5.75 Å². The Balaban J connectivity index is 2.19. The van der Waals surface area contributed by atoms with E-state index in [1.165, 1.54) is 0 Å². The van der Waals surface area contributed by atoms with Gasteiger partial charge >= 0.3 is 5.97 Å². The zero-order valence-corrected chi connectivity index (χ0v) is 11.2. The van der Waals surface area contributed by atoms with Crippen molar-refractivity contribution in [3.63, 3.8) is 0 Å². The quantitative estimate of drug-likeness (QED) is 0.755. The molecule has 0 bridgehead atoms. The predicted octanol–water partition coefficient (Wildman–Crippen LogP) is 1.71. The molecule has 1 aliphatic heterocycles. The highest BCUT2D eigenvalue weighted by Crippen LogP contribution is 2.30. The summed E-state index contributed by atoms with van der Waals surface area (Å²) in [5.74, 6) is -0.499. The molecule has 1 saturated heterocycles. The van der Waals surface area contributed by atoms with Gasteiger partial charge in [-0.25, -0.2) is 5.43 Å². The first-order valence-electron chi connectivity index (χ1n) is 6.60. The third-order valence-electron chi connectivity index (χ3n) is 3.34. The number of aliphatic carboxylic acids is 1. The van der Waals surface area contributed by atoms with Crippen LogP contribution in [-0.4, -0.2) is 23.7 Å². The van der Waals surface area contributed by atoms with Crippen LogP contribution < -0.4 is 15.6 Å². The first-order chi connectivity index (χ1) is 9.13. The van der Waals surface area contributed by atoms with Crippen LogP contribution in [0.2, 0.25) is 0 Å². The summed E-state index contributed by atoms with van der Waals surface area (Å²) in [7, 11) is 0. The molecule has 3 unspecified atom stereocenters. The molecule has 0 amide bonds. The molecule has 104 valence electrons. The van der Waals surface area contributed by atoms with Gasteiger partial charge in [-0.2, -0.15) is 0 Å². The molecule has 1 aromatic carbocycles. The molecule has 3 atom stereocenters. The number of hydrogen-bond donors (Lipinski definition) is 3. The Morgan fingerprint density at radius 2 is 2.21 bits per heavy atom. The van der Waals surface area contributed by atoms with E-state index in [9.17, 15) is 9.90 Å². The van der Waals surface area contributed by atoms with Gasteiger partial charge in [0.15, 0.2) is 0 Å². The molecule has 0 aromatic heterocycles. The fraction of sp³-hybridized carbons (Fsp3) is 0.500. The van der Waals surface area contributed by atoms with Gasteiger partial charge in [0.25, 0.3) is 0 Å². The average Bonchev–Trinajstić information content (AvgIpc) is 2.79. The summed E-state index contributed by atoms with van der Waals surface area (Å²) in [4.78, 5) is 11.3. The van der Waals surface area contributed by atoms with Gasteiger partial charge in [0, 0.05) is 6.04 Å². The second kappa shape index (κ2) is 6.04. The first kappa shape index (κ1) is 13.8.